The van der Waals surface area contributed by atoms with Gasteiger partial charge in [0.1, 0.15) is 0 Å². The lowest BCUT2D eigenvalue weighted by molar-refractivity contribution is -0.149. The first-order chi connectivity index (χ1) is 9.74. The molecule has 1 N–H and O–H groups in total. The highest BCUT2D eigenvalue weighted by Gasteiger charge is 2.28. The molecular weight excluding hydrogens is 270 g/mol. The molecule has 0 amide bonds. The van der Waals surface area contributed by atoms with Gasteiger partial charge in [0.2, 0.25) is 0 Å². The van der Waals surface area contributed by atoms with Crippen molar-refractivity contribution < 1.29 is 9.53 Å². The molecule has 1 aromatic rings. The highest BCUT2D eigenvalue weighted by molar-refractivity contribution is 7.98. The Balaban J connectivity index is 1.97. The number of rotatable bonds is 5. The van der Waals surface area contributed by atoms with Gasteiger partial charge in [-0.3, -0.25) is 4.79 Å². The van der Waals surface area contributed by atoms with Crippen molar-refractivity contribution in [3.63, 3.8) is 0 Å². The van der Waals surface area contributed by atoms with E-state index >= 15 is 0 Å². The minimum absolute atomic E-state index is 0.0304. The van der Waals surface area contributed by atoms with E-state index < -0.39 is 0 Å². The third-order valence-corrected chi connectivity index (χ3v) is 4.56. The van der Waals surface area contributed by atoms with Gasteiger partial charge in [0.15, 0.2) is 0 Å². The highest BCUT2D eigenvalue weighted by atomic mass is 32.2. The SMILES string of the molecule is CCOC(=O)C1CCCC(Nc2ccccc2SC)C1. The molecule has 0 bridgehead atoms. The fourth-order valence-corrected chi connectivity index (χ4v) is 3.34. The van der Waals surface area contributed by atoms with Gasteiger partial charge in [-0.25, -0.2) is 0 Å². The molecule has 1 saturated carbocycles. The van der Waals surface area contributed by atoms with E-state index in [0.717, 1.165) is 25.7 Å². The second-order valence-corrected chi connectivity index (χ2v) is 6.01. The Morgan fingerprint density at radius 2 is 2.20 bits per heavy atom. The van der Waals surface area contributed by atoms with Gasteiger partial charge < -0.3 is 10.1 Å². The van der Waals surface area contributed by atoms with Crippen LogP contribution in [0.4, 0.5) is 5.69 Å². The smallest absolute Gasteiger partial charge is 0.308 e. The van der Waals surface area contributed by atoms with Crippen LogP contribution in [0.3, 0.4) is 0 Å². The van der Waals surface area contributed by atoms with Crippen LogP contribution < -0.4 is 5.32 Å². The summed E-state index contributed by atoms with van der Waals surface area (Å²) in [6.45, 7) is 2.34. The normalized spacial score (nSPS) is 22.3. The Kier molecular flexibility index (Phi) is 5.77. The maximum atomic E-state index is 11.9. The van der Waals surface area contributed by atoms with E-state index in [1.807, 2.05) is 13.0 Å². The maximum Gasteiger partial charge on any atom is 0.308 e. The Labute approximate surface area is 125 Å². The molecule has 20 heavy (non-hydrogen) atoms. The van der Waals surface area contributed by atoms with Crippen LogP contribution in [-0.2, 0) is 9.53 Å². The molecule has 4 heteroatoms. The average Bonchev–Trinajstić information content (AvgIpc) is 2.48. The second kappa shape index (κ2) is 7.58. The predicted molar refractivity (Wildman–Crippen MR) is 84.2 cm³/mol. The average molecular weight is 293 g/mol. The Morgan fingerprint density at radius 1 is 1.40 bits per heavy atom. The number of carbonyl (C=O) groups is 1. The van der Waals surface area contributed by atoms with Crippen molar-refractivity contribution in [1.29, 1.82) is 0 Å². The van der Waals surface area contributed by atoms with Gasteiger partial charge in [0, 0.05) is 16.6 Å². The summed E-state index contributed by atoms with van der Waals surface area (Å²) in [5.74, 6) is 0.0276. The van der Waals surface area contributed by atoms with Crippen molar-refractivity contribution in [1.82, 2.24) is 0 Å². The Hall–Kier alpha value is -1.16. The summed E-state index contributed by atoms with van der Waals surface area (Å²) < 4.78 is 5.15. The largest absolute Gasteiger partial charge is 0.466 e. The van der Waals surface area contributed by atoms with Gasteiger partial charge in [-0.15, -0.1) is 11.8 Å². The lowest BCUT2D eigenvalue weighted by atomic mass is 9.85. The number of hydrogen-bond acceptors (Lipinski definition) is 4. The van der Waals surface area contributed by atoms with Crippen LogP contribution in [0.2, 0.25) is 0 Å². The van der Waals surface area contributed by atoms with Gasteiger partial charge in [0.05, 0.1) is 12.5 Å². The molecule has 2 unspecified atom stereocenters. The zero-order valence-corrected chi connectivity index (χ0v) is 13.0. The van der Waals surface area contributed by atoms with E-state index in [2.05, 4.69) is 29.8 Å². The summed E-state index contributed by atoms with van der Waals surface area (Å²) in [5.41, 5.74) is 1.18. The van der Waals surface area contributed by atoms with Gasteiger partial charge in [0.25, 0.3) is 0 Å². The fraction of sp³-hybridized carbons (Fsp3) is 0.562. The number of benzene rings is 1. The number of hydrogen-bond donors (Lipinski definition) is 1. The summed E-state index contributed by atoms with van der Waals surface area (Å²) in [7, 11) is 0. The molecule has 2 rings (SSSR count). The predicted octanol–water partition coefficient (Wildman–Crippen LogP) is 3.94. The van der Waals surface area contributed by atoms with Crippen LogP contribution >= 0.6 is 11.8 Å². The highest BCUT2D eigenvalue weighted by Crippen LogP contribution is 2.31. The Bertz CT molecular complexity index is 450. The van der Waals surface area contributed by atoms with Gasteiger partial charge in [-0.05, 0) is 44.6 Å². The zero-order chi connectivity index (χ0) is 14.4. The molecule has 2 atom stereocenters. The Morgan fingerprint density at radius 3 is 2.95 bits per heavy atom. The number of ether oxygens (including phenoxy) is 1. The van der Waals surface area contributed by atoms with Crippen molar-refractivity contribution in [2.45, 2.75) is 43.5 Å². The first kappa shape index (κ1) is 15.2. The molecule has 1 aromatic carbocycles. The first-order valence-electron chi connectivity index (χ1n) is 7.30. The van der Waals surface area contributed by atoms with E-state index in [0.29, 0.717) is 12.6 Å². The summed E-state index contributed by atoms with van der Waals surface area (Å²) in [6.07, 6.45) is 6.13. The topological polar surface area (TPSA) is 38.3 Å². The quantitative estimate of drug-likeness (QED) is 0.659. The number of carbonyl (C=O) groups excluding carboxylic acids is 1. The molecule has 110 valence electrons. The molecule has 0 saturated heterocycles. The second-order valence-electron chi connectivity index (χ2n) is 5.16. The van der Waals surface area contributed by atoms with Crippen LogP contribution in [0.25, 0.3) is 0 Å². The van der Waals surface area contributed by atoms with E-state index in [1.54, 1.807) is 11.8 Å². The van der Waals surface area contributed by atoms with E-state index in [4.69, 9.17) is 4.74 Å². The van der Waals surface area contributed by atoms with Crippen LogP contribution in [0.5, 0.6) is 0 Å². The summed E-state index contributed by atoms with van der Waals surface area (Å²) >= 11 is 1.75. The van der Waals surface area contributed by atoms with Gasteiger partial charge >= 0.3 is 5.97 Å². The van der Waals surface area contributed by atoms with Crippen LogP contribution in [-0.4, -0.2) is 24.9 Å². The summed E-state index contributed by atoms with van der Waals surface area (Å²) in [4.78, 5) is 13.1. The van der Waals surface area contributed by atoms with Crippen molar-refractivity contribution in [3.8, 4) is 0 Å². The molecule has 1 aliphatic carbocycles. The molecule has 0 aliphatic heterocycles. The van der Waals surface area contributed by atoms with E-state index in [-0.39, 0.29) is 11.9 Å². The van der Waals surface area contributed by atoms with Crippen molar-refractivity contribution in [2.24, 2.45) is 5.92 Å². The van der Waals surface area contributed by atoms with Gasteiger partial charge in [-0.1, -0.05) is 18.6 Å². The van der Waals surface area contributed by atoms with Crippen LogP contribution in [0.1, 0.15) is 32.6 Å². The molecular formula is C16H23NO2S. The van der Waals surface area contributed by atoms with E-state index in [1.165, 1.54) is 10.6 Å². The number of esters is 1. The lowest BCUT2D eigenvalue weighted by Gasteiger charge is -2.29. The summed E-state index contributed by atoms with van der Waals surface area (Å²) in [6, 6.07) is 8.71. The van der Waals surface area contributed by atoms with Crippen molar-refractivity contribution >= 4 is 23.4 Å². The molecule has 0 heterocycles. The number of anilines is 1. The monoisotopic (exact) mass is 293 g/mol. The van der Waals surface area contributed by atoms with Crippen molar-refractivity contribution in [3.05, 3.63) is 24.3 Å². The number of para-hydroxylation sites is 1. The molecule has 0 aromatic heterocycles. The minimum Gasteiger partial charge on any atom is -0.466 e. The molecule has 0 spiro atoms. The molecule has 1 aliphatic rings. The standard InChI is InChI=1S/C16H23NO2S/c1-3-19-16(18)12-7-6-8-13(11-12)17-14-9-4-5-10-15(14)20-2/h4-5,9-10,12-13,17H,3,6-8,11H2,1-2H3. The molecule has 0 radical (unpaired) electrons. The lowest BCUT2D eigenvalue weighted by Crippen LogP contribution is -2.32. The third-order valence-electron chi connectivity index (χ3n) is 3.76. The number of thioether (sulfide) groups is 1. The van der Waals surface area contributed by atoms with Crippen molar-refractivity contribution in [2.75, 3.05) is 18.2 Å². The fourth-order valence-electron chi connectivity index (χ4n) is 2.78. The third kappa shape index (κ3) is 3.92. The molecule has 1 fully saturated rings. The van der Waals surface area contributed by atoms with E-state index in [9.17, 15) is 4.79 Å². The minimum atomic E-state index is -0.0304. The first-order valence-corrected chi connectivity index (χ1v) is 8.53. The maximum absolute atomic E-state index is 11.9. The van der Waals surface area contributed by atoms with Gasteiger partial charge in [-0.2, -0.15) is 0 Å². The molecule has 3 nitrogen and oxygen atoms in total. The zero-order valence-electron chi connectivity index (χ0n) is 12.2. The van der Waals surface area contributed by atoms with Crippen LogP contribution in [0, 0.1) is 5.92 Å². The summed E-state index contributed by atoms with van der Waals surface area (Å²) in [5, 5.41) is 3.60. The number of nitrogens with one attached hydrogen (secondary N) is 1. The van der Waals surface area contributed by atoms with Crippen LogP contribution in [0.15, 0.2) is 29.2 Å².